The molecule has 5 nitrogen and oxygen atoms in total. The minimum Gasteiger partial charge on any atom is -0.290 e. The second-order valence-electron chi connectivity index (χ2n) is 4.36. The summed E-state index contributed by atoms with van der Waals surface area (Å²) in [4.78, 5) is 9.89. The quantitative estimate of drug-likeness (QED) is 0.649. The molecular formula is C11H12F3N3O2. The van der Waals surface area contributed by atoms with Crippen LogP contribution in [0, 0.1) is 10.1 Å². The molecule has 104 valence electrons. The average Bonchev–Trinajstić information content (AvgIpc) is 2.79. The normalized spacial score (nSPS) is 18.5. The van der Waals surface area contributed by atoms with Gasteiger partial charge in [-0.05, 0) is 5.56 Å². The Kier molecular flexibility index (Phi) is 3.46. The number of nitro groups is 1. The zero-order valence-corrected chi connectivity index (χ0v) is 9.83. The van der Waals surface area contributed by atoms with E-state index in [0.717, 1.165) is 0 Å². The van der Waals surface area contributed by atoms with Gasteiger partial charge in [-0.15, -0.1) is 0 Å². The fraction of sp³-hybridized carbons (Fsp3) is 0.455. The molecule has 1 aliphatic rings. The lowest BCUT2D eigenvalue weighted by Gasteiger charge is -2.32. The molecule has 1 saturated heterocycles. The van der Waals surface area contributed by atoms with Gasteiger partial charge in [-0.3, -0.25) is 20.7 Å². The van der Waals surface area contributed by atoms with E-state index in [-0.39, 0.29) is 25.2 Å². The van der Waals surface area contributed by atoms with Crippen LogP contribution in [-0.4, -0.2) is 29.9 Å². The van der Waals surface area contributed by atoms with Crippen molar-refractivity contribution in [3.8, 4) is 0 Å². The van der Waals surface area contributed by atoms with Crippen molar-refractivity contribution in [2.24, 2.45) is 0 Å². The number of hydrogen-bond acceptors (Lipinski definition) is 4. The lowest BCUT2D eigenvalue weighted by molar-refractivity contribution is -0.384. The van der Waals surface area contributed by atoms with E-state index in [1.807, 2.05) is 0 Å². The third-order valence-corrected chi connectivity index (χ3v) is 3.08. The van der Waals surface area contributed by atoms with Gasteiger partial charge < -0.3 is 0 Å². The smallest absolute Gasteiger partial charge is 0.290 e. The molecule has 0 unspecified atom stereocenters. The van der Waals surface area contributed by atoms with Crippen LogP contribution in [0.15, 0.2) is 24.3 Å². The first-order valence-corrected chi connectivity index (χ1v) is 5.64. The number of nitro benzene ring substituents is 1. The van der Waals surface area contributed by atoms with Crippen LogP contribution in [0.25, 0.3) is 0 Å². The van der Waals surface area contributed by atoms with Gasteiger partial charge in [0.25, 0.3) is 5.69 Å². The summed E-state index contributed by atoms with van der Waals surface area (Å²) in [6.45, 7) is 0.457. The van der Waals surface area contributed by atoms with Gasteiger partial charge in [0.15, 0.2) is 5.66 Å². The highest BCUT2D eigenvalue weighted by Gasteiger charge is 2.56. The van der Waals surface area contributed by atoms with E-state index in [1.54, 1.807) is 0 Å². The number of halogens is 3. The van der Waals surface area contributed by atoms with Crippen molar-refractivity contribution < 1.29 is 18.1 Å². The monoisotopic (exact) mass is 275 g/mol. The zero-order chi connectivity index (χ0) is 14.1. The van der Waals surface area contributed by atoms with Crippen molar-refractivity contribution in [1.82, 2.24) is 10.6 Å². The van der Waals surface area contributed by atoms with Crippen LogP contribution >= 0.6 is 0 Å². The first-order chi connectivity index (χ1) is 8.84. The van der Waals surface area contributed by atoms with E-state index >= 15 is 0 Å². The van der Waals surface area contributed by atoms with Crippen molar-refractivity contribution in [1.29, 1.82) is 0 Å². The van der Waals surface area contributed by atoms with Gasteiger partial charge in [-0.1, -0.05) is 12.1 Å². The van der Waals surface area contributed by atoms with E-state index in [4.69, 9.17) is 0 Å². The van der Waals surface area contributed by atoms with Crippen LogP contribution in [0.4, 0.5) is 18.9 Å². The maximum Gasteiger partial charge on any atom is 0.420 e. The molecule has 2 rings (SSSR count). The molecular weight excluding hydrogens is 263 g/mol. The van der Waals surface area contributed by atoms with Gasteiger partial charge in [-0.25, -0.2) is 0 Å². The summed E-state index contributed by atoms with van der Waals surface area (Å²) in [7, 11) is 0. The molecule has 0 aliphatic carbocycles. The SMILES string of the molecule is O=[N+]([O-])c1ccc(CC2(C(F)(F)F)NCCN2)cc1. The van der Waals surface area contributed by atoms with Gasteiger partial charge in [0.2, 0.25) is 0 Å². The Hall–Kier alpha value is -1.67. The second kappa shape index (κ2) is 4.78. The molecule has 0 atom stereocenters. The third kappa shape index (κ3) is 2.69. The van der Waals surface area contributed by atoms with Crippen LogP contribution in [-0.2, 0) is 6.42 Å². The number of hydrogen-bond donors (Lipinski definition) is 2. The molecule has 0 aromatic heterocycles. The molecule has 8 heteroatoms. The van der Waals surface area contributed by atoms with Crippen molar-refractivity contribution in [3.63, 3.8) is 0 Å². The highest BCUT2D eigenvalue weighted by molar-refractivity contribution is 5.34. The highest BCUT2D eigenvalue weighted by atomic mass is 19.4. The molecule has 0 bridgehead atoms. The standard InChI is InChI=1S/C11H12F3N3O2/c12-11(13,14)10(15-5-6-16-10)7-8-1-3-9(4-2-8)17(18)19/h1-4,15-16H,5-7H2. The molecule has 0 amide bonds. The number of nitrogens with zero attached hydrogens (tertiary/aromatic N) is 1. The van der Waals surface area contributed by atoms with Crippen molar-refractivity contribution in [2.45, 2.75) is 18.3 Å². The van der Waals surface area contributed by atoms with E-state index in [1.165, 1.54) is 24.3 Å². The Balaban J connectivity index is 2.21. The number of alkyl halides is 3. The van der Waals surface area contributed by atoms with E-state index in [2.05, 4.69) is 10.6 Å². The van der Waals surface area contributed by atoms with Gasteiger partial charge in [0.1, 0.15) is 0 Å². The summed E-state index contributed by atoms with van der Waals surface area (Å²) < 4.78 is 39.2. The molecule has 0 saturated carbocycles. The maximum atomic E-state index is 13.1. The lowest BCUT2D eigenvalue weighted by atomic mass is 9.99. The van der Waals surface area contributed by atoms with E-state index in [9.17, 15) is 23.3 Å². The largest absolute Gasteiger partial charge is 0.420 e. The first-order valence-electron chi connectivity index (χ1n) is 5.64. The number of benzene rings is 1. The lowest BCUT2D eigenvalue weighted by Crippen LogP contribution is -2.62. The van der Waals surface area contributed by atoms with Crippen molar-refractivity contribution in [2.75, 3.05) is 13.1 Å². The molecule has 2 N–H and O–H groups in total. The Morgan fingerprint density at radius 2 is 1.74 bits per heavy atom. The van der Waals surface area contributed by atoms with Gasteiger partial charge in [0, 0.05) is 31.6 Å². The molecule has 19 heavy (non-hydrogen) atoms. The molecule has 1 heterocycles. The van der Waals surface area contributed by atoms with Crippen LogP contribution in [0.3, 0.4) is 0 Å². The molecule has 1 aromatic carbocycles. The molecule has 0 radical (unpaired) electrons. The van der Waals surface area contributed by atoms with Gasteiger partial charge >= 0.3 is 6.18 Å². The van der Waals surface area contributed by atoms with E-state index < -0.39 is 16.8 Å². The molecule has 1 aliphatic heterocycles. The summed E-state index contributed by atoms with van der Waals surface area (Å²) in [5.41, 5.74) is -1.91. The van der Waals surface area contributed by atoms with Crippen LogP contribution < -0.4 is 10.6 Å². The highest BCUT2D eigenvalue weighted by Crippen LogP contribution is 2.33. The molecule has 0 spiro atoms. The third-order valence-electron chi connectivity index (χ3n) is 3.08. The van der Waals surface area contributed by atoms with Crippen LogP contribution in [0.5, 0.6) is 0 Å². The predicted molar refractivity (Wildman–Crippen MR) is 61.6 cm³/mol. The van der Waals surface area contributed by atoms with Crippen LogP contribution in [0.1, 0.15) is 5.56 Å². The van der Waals surface area contributed by atoms with Gasteiger partial charge in [0.05, 0.1) is 4.92 Å². The summed E-state index contributed by atoms with van der Waals surface area (Å²) in [6, 6.07) is 5.09. The molecule has 1 aromatic rings. The Morgan fingerprint density at radius 3 is 2.16 bits per heavy atom. The summed E-state index contributed by atoms with van der Waals surface area (Å²) >= 11 is 0. The zero-order valence-electron chi connectivity index (χ0n) is 9.83. The topological polar surface area (TPSA) is 67.2 Å². The molecule has 1 fully saturated rings. The minimum atomic E-state index is -4.44. The predicted octanol–water partition coefficient (Wildman–Crippen LogP) is 1.59. The number of nitrogens with one attached hydrogen (secondary N) is 2. The fourth-order valence-corrected chi connectivity index (χ4v) is 2.08. The van der Waals surface area contributed by atoms with Gasteiger partial charge in [-0.2, -0.15) is 13.2 Å². The minimum absolute atomic E-state index is 0.142. The Bertz CT molecular complexity index is 467. The summed E-state index contributed by atoms with van der Waals surface area (Å²) in [5, 5.41) is 15.3. The maximum absolute atomic E-state index is 13.1. The Labute approximate surface area is 106 Å². The average molecular weight is 275 g/mol. The fourth-order valence-electron chi connectivity index (χ4n) is 2.08. The van der Waals surface area contributed by atoms with Crippen molar-refractivity contribution in [3.05, 3.63) is 39.9 Å². The summed E-state index contributed by atoms with van der Waals surface area (Å²) in [6.07, 6.45) is -4.75. The number of rotatable bonds is 3. The van der Waals surface area contributed by atoms with Crippen LogP contribution in [0.2, 0.25) is 0 Å². The Morgan fingerprint density at radius 1 is 1.21 bits per heavy atom. The summed E-state index contributed by atoms with van der Waals surface area (Å²) in [5.74, 6) is 0. The number of non-ortho nitro benzene ring substituents is 1. The second-order valence-corrected chi connectivity index (χ2v) is 4.36. The van der Waals surface area contributed by atoms with Crippen molar-refractivity contribution >= 4 is 5.69 Å². The first kappa shape index (κ1) is 13.8. The van der Waals surface area contributed by atoms with E-state index in [0.29, 0.717) is 5.56 Å².